The zero-order chi connectivity index (χ0) is 35.2. The molecule has 1 rings (SSSR count). The van der Waals surface area contributed by atoms with E-state index in [1.807, 2.05) is 72.8 Å². The molecule has 1 aromatic rings. The molecule has 0 fully saturated rings. The lowest BCUT2D eigenvalue weighted by atomic mass is 10.0. The van der Waals surface area contributed by atoms with Crippen molar-refractivity contribution in [1.82, 2.24) is 10.2 Å². The van der Waals surface area contributed by atoms with E-state index < -0.39 is 11.5 Å². The van der Waals surface area contributed by atoms with Crippen molar-refractivity contribution in [2.24, 2.45) is 16.6 Å². The third-order valence-electron chi connectivity index (χ3n) is 6.66. The monoisotopic (exact) mass is 628 g/mol. The first-order chi connectivity index (χ1) is 21.2. The number of hydrogen-bond donors (Lipinski definition) is 2. The van der Waals surface area contributed by atoms with Crippen molar-refractivity contribution in [3.05, 3.63) is 65.8 Å². The molecule has 1 atom stereocenters. The summed E-state index contributed by atoms with van der Waals surface area (Å²) in [6.07, 6.45) is 8.10. The average molecular weight is 629 g/mol. The van der Waals surface area contributed by atoms with E-state index in [1.165, 1.54) is 0 Å². The van der Waals surface area contributed by atoms with Crippen LogP contribution in [0.15, 0.2) is 54.1 Å². The summed E-state index contributed by atoms with van der Waals surface area (Å²) in [5.41, 5.74) is 8.21. The number of amides is 2. The van der Waals surface area contributed by atoms with Crippen LogP contribution in [-0.4, -0.2) is 60.5 Å². The highest BCUT2D eigenvalue weighted by molar-refractivity contribution is 5.93. The molecule has 1 aromatic carbocycles. The number of aliphatic imine (C=N–C) groups is 1. The van der Waals surface area contributed by atoms with E-state index in [0.29, 0.717) is 43.7 Å². The Hall–Kier alpha value is -3.39. The smallest absolute Gasteiger partial charge is 0.261 e. The number of rotatable bonds is 17. The van der Waals surface area contributed by atoms with Crippen LogP contribution in [0.1, 0.15) is 98.8 Å². The number of carbonyl (C=O) groups excluding carboxylic acids is 2. The summed E-state index contributed by atoms with van der Waals surface area (Å²) < 4.78 is 12.0. The Morgan fingerprint density at radius 3 is 2.18 bits per heavy atom. The van der Waals surface area contributed by atoms with Gasteiger partial charge in [-0.3, -0.25) is 19.5 Å². The Morgan fingerprint density at radius 1 is 1.11 bits per heavy atom. The van der Waals surface area contributed by atoms with Crippen LogP contribution in [0.3, 0.4) is 0 Å². The SMILES string of the molecule is C=C.CC.CC/C=C\C=C(/C)C(=NCCN(CC(=O)NCC(C)CC)Cc1cc(C)c(OC(C)(C)C(N)=O)c(C)c1)OC(C)C. The lowest BCUT2D eigenvalue weighted by Crippen LogP contribution is -2.43. The molecule has 0 spiro atoms. The molecule has 3 N–H and O–H groups in total. The van der Waals surface area contributed by atoms with Gasteiger partial charge in [0.25, 0.3) is 5.91 Å². The summed E-state index contributed by atoms with van der Waals surface area (Å²) in [5.74, 6) is 1.15. The van der Waals surface area contributed by atoms with E-state index in [9.17, 15) is 9.59 Å². The minimum atomic E-state index is -1.12. The molecule has 0 radical (unpaired) electrons. The number of ether oxygens (including phenoxy) is 2. The zero-order valence-electron chi connectivity index (χ0n) is 30.5. The first-order valence-electron chi connectivity index (χ1n) is 16.3. The van der Waals surface area contributed by atoms with E-state index in [1.54, 1.807) is 13.8 Å². The Kier molecular flexibility index (Phi) is 23.2. The predicted octanol–water partition coefficient (Wildman–Crippen LogP) is 7.47. The molecule has 0 heterocycles. The minimum Gasteiger partial charge on any atom is -0.477 e. The summed E-state index contributed by atoms with van der Waals surface area (Å²) in [6.45, 7) is 32.1. The largest absolute Gasteiger partial charge is 0.477 e. The van der Waals surface area contributed by atoms with Crippen LogP contribution in [0.5, 0.6) is 5.75 Å². The van der Waals surface area contributed by atoms with E-state index in [-0.39, 0.29) is 18.6 Å². The average Bonchev–Trinajstić information content (AvgIpc) is 2.99. The van der Waals surface area contributed by atoms with E-state index >= 15 is 0 Å². The number of benzene rings is 1. The fraction of sp³-hybridized carbons (Fsp3) is 0.595. The number of nitrogens with zero attached hydrogens (tertiary/aromatic N) is 2. The minimum absolute atomic E-state index is 0.000849. The van der Waals surface area contributed by atoms with Crippen molar-refractivity contribution in [3.63, 3.8) is 0 Å². The molecule has 0 aliphatic heterocycles. The molecule has 0 aromatic heterocycles. The van der Waals surface area contributed by atoms with Crippen LogP contribution in [0, 0.1) is 19.8 Å². The highest BCUT2D eigenvalue weighted by Gasteiger charge is 2.28. The Labute approximate surface area is 275 Å². The third kappa shape index (κ3) is 18.2. The van der Waals surface area contributed by atoms with Gasteiger partial charge < -0.3 is 20.5 Å². The van der Waals surface area contributed by atoms with E-state index in [4.69, 9.17) is 20.2 Å². The Morgan fingerprint density at radius 2 is 1.69 bits per heavy atom. The van der Waals surface area contributed by atoms with Gasteiger partial charge in [0.15, 0.2) is 5.60 Å². The molecular weight excluding hydrogens is 564 g/mol. The number of nitrogens with two attached hydrogens (primary N) is 1. The number of hydrogen-bond acceptors (Lipinski definition) is 6. The van der Waals surface area contributed by atoms with Gasteiger partial charge in [0.2, 0.25) is 11.8 Å². The summed E-state index contributed by atoms with van der Waals surface area (Å²) in [4.78, 5) is 31.6. The summed E-state index contributed by atoms with van der Waals surface area (Å²) in [7, 11) is 0. The van der Waals surface area contributed by atoms with Crippen molar-refractivity contribution in [2.75, 3.05) is 26.2 Å². The van der Waals surface area contributed by atoms with Crippen molar-refractivity contribution >= 4 is 17.7 Å². The highest BCUT2D eigenvalue weighted by atomic mass is 16.5. The normalized spacial score (nSPS) is 12.7. The fourth-order valence-electron chi connectivity index (χ4n) is 3.95. The number of aryl methyl sites for hydroxylation is 2. The van der Waals surface area contributed by atoms with Crippen molar-refractivity contribution in [1.29, 1.82) is 0 Å². The molecule has 8 nitrogen and oxygen atoms in total. The molecule has 0 aliphatic carbocycles. The van der Waals surface area contributed by atoms with Crippen LogP contribution >= 0.6 is 0 Å². The fourth-order valence-corrected chi connectivity index (χ4v) is 3.95. The van der Waals surface area contributed by atoms with Crippen molar-refractivity contribution < 1.29 is 19.1 Å². The Bertz CT molecular complexity index is 1080. The quantitative estimate of drug-likeness (QED) is 0.0806. The molecule has 45 heavy (non-hydrogen) atoms. The second-order valence-electron chi connectivity index (χ2n) is 11.6. The lowest BCUT2D eigenvalue weighted by molar-refractivity contribution is -0.130. The first-order valence-corrected chi connectivity index (χ1v) is 16.3. The molecule has 2 amide bonds. The summed E-state index contributed by atoms with van der Waals surface area (Å²) in [6, 6.07) is 4.07. The second-order valence-corrected chi connectivity index (χ2v) is 11.6. The van der Waals surface area contributed by atoms with Gasteiger partial charge in [0.1, 0.15) is 5.75 Å². The predicted molar refractivity (Wildman–Crippen MR) is 192 cm³/mol. The van der Waals surface area contributed by atoms with Gasteiger partial charge in [-0.05, 0) is 77.5 Å². The maximum Gasteiger partial charge on any atom is 0.261 e. The summed E-state index contributed by atoms with van der Waals surface area (Å²) >= 11 is 0. The van der Waals surface area contributed by atoms with E-state index in [0.717, 1.165) is 35.1 Å². The molecule has 256 valence electrons. The van der Waals surface area contributed by atoms with Gasteiger partial charge in [-0.1, -0.05) is 71.4 Å². The molecule has 1 unspecified atom stereocenters. The van der Waals surface area contributed by atoms with E-state index in [2.05, 4.69) is 50.2 Å². The summed E-state index contributed by atoms with van der Waals surface area (Å²) in [5, 5.41) is 3.07. The van der Waals surface area contributed by atoms with Crippen molar-refractivity contribution in [3.8, 4) is 5.75 Å². The van der Waals surface area contributed by atoms with Crippen LogP contribution in [-0.2, 0) is 20.9 Å². The maximum absolute atomic E-state index is 12.9. The maximum atomic E-state index is 12.9. The standard InChI is InChI=1S/C33H54N4O4.C2H6.C2H4/c1-11-13-14-15-25(6)31(40-23(3)4)35-16-17-37(22-29(38)36-20-24(5)12-2)21-28-18-26(7)30(27(8)19-28)41-33(9,10)32(34)39;2*1-2/h13-15,18-19,23-24H,11-12,16-17,20-22H2,1-10H3,(H2,34,39)(H,36,38);1-2H3;1-2H2/b14-13-,25-15+,35-31?;;. The van der Waals surface area contributed by atoms with Gasteiger partial charge in [0, 0.05) is 25.2 Å². The molecular formula is C37H64N4O4. The van der Waals surface area contributed by atoms with Crippen LogP contribution in [0.4, 0.5) is 0 Å². The first kappa shape index (κ1) is 43.7. The number of primary amides is 1. The molecule has 0 saturated heterocycles. The molecule has 8 heteroatoms. The molecule has 0 bridgehead atoms. The lowest BCUT2D eigenvalue weighted by Gasteiger charge is -2.26. The number of allylic oxidation sites excluding steroid dienone is 3. The highest BCUT2D eigenvalue weighted by Crippen LogP contribution is 2.29. The van der Waals surface area contributed by atoms with Crippen LogP contribution in [0.25, 0.3) is 0 Å². The topological polar surface area (TPSA) is 106 Å². The number of nitrogens with one attached hydrogen (secondary N) is 1. The number of carbonyl (C=O) groups is 2. The third-order valence-corrected chi connectivity index (χ3v) is 6.66. The van der Waals surface area contributed by atoms with Gasteiger partial charge >= 0.3 is 0 Å². The zero-order valence-corrected chi connectivity index (χ0v) is 30.5. The van der Waals surface area contributed by atoms with Gasteiger partial charge in [0.05, 0.1) is 19.2 Å². The van der Waals surface area contributed by atoms with Gasteiger partial charge in [-0.15, -0.1) is 13.2 Å². The van der Waals surface area contributed by atoms with Crippen LogP contribution < -0.4 is 15.8 Å². The van der Waals surface area contributed by atoms with Crippen LogP contribution in [0.2, 0.25) is 0 Å². The molecule has 0 aliphatic rings. The second kappa shape index (κ2) is 23.9. The Balaban J connectivity index is 0. The molecule has 0 saturated carbocycles. The van der Waals surface area contributed by atoms with Gasteiger partial charge in [-0.2, -0.15) is 0 Å². The van der Waals surface area contributed by atoms with Gasteiger partial charge in [-0.25, -0.2) is 0 Å². The van der Waals surface area contributed by atoms with Crippen molar-refractivity contribution in [2.45, 2.75) is 114 Å².